The summed E-state index contributed by atoms with van der Waals surface area (Å²) in [7, 11) is 0. The Morgan fingerprint density at radius 3 is 2.22 bits per heavy atom. The Hall–Kier alpha value is -2.70. The molecule has 0 aliphatic carbocycles. The van der Waals surface area contributed by atoms with E-state index in [1.54, 1.807) is 19.1 Å². The fourth-order valence-corrected chi connectivity index (χ4v) is 1.92. The number of carbonyl (C=O) groups excluding carboxylic acids is 1. The summed E-state index contributed by atoms with van der Waals surface area (Å²) in [5.74, 6) is -0.345. The molecule has 2 rings (SSSR count). The molecule has 23 heavy (non-hydrogen) atoms. The predicted octanol–water partition coefficient (Wildman–Crippen LogP) is 4.31. The van der Waals surface area contributed by atoms with Gasteiger partial charge in [-0.3, -0.25) is 0 Å². The van der Waals surface area contributed by atoms with E-state index in [0.29, 0.717) is 5.69 Å². The van der Waals surface area contributed by atoms with Crippen molar-refractivity contribution in [2.45, 2.75) is 19.6 Å². The first-order valence-corrected chi connectivity index (χ1v) is 6.82. The summed E-state index contributed by atoms with van der Waals surface area (Å²) < 4.78 is 41.1. The van der Waals surface area contributed by atoms with Gasteiger partial charge in [0.2, 0.25) is 0 Å². The van der Waals surface area contributed by atoms with Crippen molar-refractivity contribution in [1.29, 1.82) is 0 Å². The van der Waals surface area contributed by atoms with Crippen molar-refractivity contribution >= 4 is 11.7 Å². The summed E-state index contributed by atoms with van der Waals surface area (Å²) in [4.78, 5) is 11.9. The Labute approximate surface area is 131 Å². The highest BCUT2D eigenvalue weighted by Crippen LogP contribution is 2.18. The molecule has 7 heteroatoms. The van der Waals surface area contributed by atoms with Gasteiger partial charge in [0.25, 0.3) is 0 Å². The number of anilines is 1. The smallest absolute Gasteiger partial charge is 0.387 e. The molecule has 2 N–H and O–H groups in total. The minimum Gasteiger partial charge on any atom is -0.435 e. The molecular formula is C16H15F3N2O2. The highest BCUT2D eigenvalue weighted by molar-refractivity contribution is 5.89. The maximum atomic E-state index is 12.9. The molecule has 4 nitrogen and oxygen atoms in total. The van der Waals surface area contributed by atoms with Crippen LogP contribution in [0.2, 0.25) is 0 Å². The van der Waals surface area contributed by atoms with E-state index >= 15 is 0 Å². The van der Waals surface area contributed by atoms with E-state index in [0.717, 1.165) is 5.56 Å². The van der Waals surface area contributed by atoms with Gasteiger partial charge >= 0.3 is 12.6 Å². The molecule has 122 valence electrons. The first-order chi connectivity index (χ1) is 10.9. The normalized spacial score (nSPS) is 11.9. The monoisotopic (exact) mass is 324 g/mol. The summed E-state index contributed by atoms with van der Waals surface area (Å²) in [6.45, 7) is -1.14. The van der Waals surface area contributed by atoms with E-state index in [9.17, 15) is 18.0 Å². The van der Waals surface area contributed by atoms with Crippen LogP contribution in [0.1, 0.15) is 18.5 Å². The van der Waals surface area contributed by atoms with Crippen LogP contribution < -0.4 is 15.4 Å². The van der Waals surface area contributed by atoms with Crippen LogP contribution in [-0.4, -0.2) is 12.6 Å². The second-order valence-corrected chi connectivity index (χ2v) is 4.77. The van der Waals surface area contributed by atoms with Crippen LogP contribution in [0.5, 0.6) is 5.75 Å². The lowest BCUT2D eigenvalue weighted by atomic mass is 10.1. The van der Waals surface area contributed by atoms with Gasteiger partial charge in [0.15, 0.2) is 0 Å². The van der Waals surface area contributed by atoms with Gasteiger partial charge in [0.1, 0.15) is 11.6 Å². The first kappa shape index (κ1) is 16.7. The van der Waals surface area contributed by atoms with Crippen molar-refractivity contribution in [2.24, 2.45) is 0 Å². The summed E-state index contributed by atoms with van der Waals surface area (Å²) in [5, 5.41) is 5.25. The zero-order valence-electron chi connectivity index (χ0n) is 12.2. The molecule has 0 fully saturated rings. The van der Waals surface area contributed by atoms with Gasteiger partial charge in [-0.25, -0.2) is 9.18 Å². The molecule has 0 aromatic heterocycles. The lowest BCUT2D eigenvalue weighted by Gasteiger charge is -2.15. The van der Waals surface area contributed by atoms with E-state index in [1.165, 1.54) is 36.4 Å². The summed E-state index contributed by atoms with van der Waals surface area (Å²) >= 11 is 0. The fraction of sp³-hybridized carbons (Fsp3) is 0.188. The Kier molecular flexibility index (Phi) is 5.46. The molecule has 0 aliphatic rings. The number of carbonyl (C=O) groups is 1. The van der Waals surface area contributed by atoms with Crippen LogP contribution in [-0.2, 0) is 0 Å². The van der Waals surface area contributed by atoms with Crippen LogP contribution >= 0.6 is 0 Å². The predicted molar refractivity (Wildman–Crippen MR) is 80.0 cm³/mol. The third kappa shape index (κ3) is 5.21. The summed E-state index contributed by atoms with van der Waals surface area (Å²) in [6.07, 6.45) is 0. The number of halogens is 3. The number of hydrogen-bond donors (Lipinski definition) is 2. The number of alkyl halides is 2. The number of benzene rings is 2. The molecular weight excluding hydrogens is 309 g/mol. The third-order valence-electron chi connectivity index (χ3n) is 3.05. The summed E-state index contributed by atoms with van der Waals surface area (Å²) in [6, 6.07) is 10.5. The maximum absolute atomic E-state index is 12.9. The lowest BCUT2D eigenvalue weighted by molar-refractivity contribution is -0.0498. The highest BCUT2D eigenvalue weighted by atomic mass is 19.3. The Morgan fingerprint density at radius 1 is 1.04 bits per heavy atom. The molecule has 0 spiro atoms. The fourth-order valence-electron chi connectivity index (χ4n) is 1.92. The SMILES string of the molecule is C[C@H](NC(=O)Nc1ccc(OC(F)F)cc1)c1ccc(F)cc1. The summed E-state index contributed by atoms with van der Waals surface area (Å²) in [5.41, 5.74) is 1.18. The van der Waals surface area contributed by atoms with Crippen LogP contribution in [0.4, 0.5) is 23.7 Å². The largest absolute Gasteiger partial charge is 0.435 e. The Balaban J connectivity index is 1.90. The molecule has 0 saturated heterocycles. The van der Waals surface area contributed by atoms with Crippen LogP contribution in [0, 0.1) is 5.82 Å². The number of rotatable bonds is 5. The topological polar surface area (TPSA) is 50.4 Å². The third-order valence-corrected chi connectivity index (χ3v) is 3.05. The molecule has 0 radical (unpaired) electrons. The average molecular weight is 324 g/mol. The quantitative estimate of drug-likeness (QED) is 0.861. The van der Waals surface area contributed by atoms with E-state index in [4.69, 9.17) is 0 Å². The molecule has 0 saturated carbocycles. The van der Waals surface area contributed by atoms with Crippen molar-refractivity contribution in [3.63, 3.8) is 0 Å². The minimum absolute atomic E-state index is 0.00522. The number of urea groups is 1. The van der Waals surface area contributed by atoms with E-state index < -0.39 is 12.6 Å². The molecule has 1 atom stereocenters. The standard InChI is InChI=1S/C16H15F3N2O2/c1-10(11-2-4-12(17)5-3-11)20-16(22)21-13-6-8-14(9-7-13)23-15(18)19/h2-10,15H,1H3,(H2,20,21,22)/t10-/m0/s1. The van der Waals surface area contributed by atoms with E-state index in [-0.39, 0.29) is 17.6 Å². The number of amides is 2. The number of hydrogen-bond acceptors (Lipinski definition) is 2. The van der Waals surface area contributed by atoms with Crippen molar-refractivity contribution < 1.29 is 22.7 Å². The molecule has 2 amide bonds. The van der Waals surface area contributed by atoms with E-state index in [2.05, 4.69) is 15.4 Å². The lowest BCUT2D eigenvalue weighted by Crippen LogP contribution is -2.31. The molecule has 0 heterocycles. The number of nitrogens with one attached hydrogen (secondary N) is 2. The van der Waals surface area contributed by atoms with Gasteiger partial charge in [-0.1, -0.05) is 12.1 Å². The van der Waals surface area contributed by atoms with Crippen molar-refractivity contribution in [3.8, 4) is 5.75 Å². The zero-order chi connectivity index (χ0) is 16.8. The Morgan fingerprint density at radius 2 is 1.65 bits per heavy atom. The Bertz CT molecular complexity index is 645. The second kappa shape index (κ2) is 7.53. The second-order valence-electron chi connectivity index (χ2n) is 4.77. The van der Waals surface area contributed by atoms with Crippen molar-refractivity contribution in [3.05, 3.63) is 59.9 Å². The molecule has 2 aromatic rings. The van der Waals surface area contributed by atoms with Crippen molar-refractivity contribution in [2.75, 3.05) is 5.32 Å². The van der Waals surface area contributed by atoms with Gasteiger partial charge in [0.05, 0.1) is 6.04 Å². The van der Waals surface area contributed by atoms with Gasteiger partial charge in [-0.2, -0.15) is 8.78 Å². The van der Waals surface area contributed by atoms with Crippen molar-refractivity contribution in [1.82, 2.24) is 5.32 Å². The maximum Gasteiger partial charge on any atom is 0.387 e. The van der Waals surface area contributed by atoms with E-state index in [1.807, 2.05) is 0 Å². The van der Waals surface area contributed by atoms with Gasteiger partial charge in [-0.15, -0.1) is 0 Å². The van der Waals surface area contributed by atoms with Crippen LogP contribution in [0.3, 0.4) is 0 Å². The minimum atomic E-state index is -2.89. The van der Waals surface area contributed by atoms with Gasteiger partial charge in [0, 0.05) is 5.69 Å². The average Bonchev–Trinajstić information content (AvgIpc) is 2.49. The van der Waals surface area contributed by atoms with Gasteiger partial charge in [-0.05, 0) is 48.9 Å². The van der Waals surface area contributed by atoms with Crippen LogP contribution in [0.15, 0.2) is 48.5 Å². The zero-order valence-corrected chi connectivity index (χ0v) is 12.2. The number of ether oxygens (including phenoxy) is 1. The molecule has 0 unspecified atom stereocenters. The molecule has 2 aromatic carbocycles. The first-order valence-electron chi connectivity index (χ1n) is 6.82. The van der Waals surface area contributed by atoms with Gasteiger partial charge < -0.3 is 15.4 Å². The molecule has 0 aliphatic heterocycles. The highest BCUT2D eigenvalue weighted by Gasteiger charge is 2.10. The van der Waals surface area contributed by atoms with Crippen LogP contribution in [0.25, 0.3) is 0 Å². The molecule has 0 bridgehead atoms.